The number of aliphatic hydroxyl groups excluding tert-OH is 2. The number of hydrogen-bond acceptors (Lipinski definition) is 9. The number of hydrogen-bond donors (Lipinski definition) is 2. The molecule has 10 heteroatoms. The number of oxime groups is 1. The van der Waals surface area contributed by atoms with Crippen LogP contribution in [0.2, 0.25) is 0 Å². The second kappa shape index (κ2) is 18.1. The summed E-state index contributed by atoms with van der Waals surface area (Å²) in [4.78, 5) is 21.5. The van der Waals surface area contributed by atoms with Gasteiger partial charge in [-0.05, 0) is 77.6 Å². The zero-order chi connectivity index (χ0) is 38.1. The highest BCUT2D eigenvalue weighted by Gasteiger charge is 2.65. The summed E-state index contributed by atoms with van der Waals surface area (Å²) in [6, 6.07) is 19.4. The van der Waals surface area contributed by atoms with Crippen molar-refractivity contribution in [1.82, 2.24) is 4.90 Å². The Morgan fingerprint density at radius 3 is 2.48 bits per heavy atom. The maximum atomic E-state index is 14.2. The van der Waals surface area contributed by atoms with Crippen LogP contribution in [-0.2, 0) is 20.9 Å². The van der Waals surface area contributed by atoms with Crippen molar-refractivity contribution in [2.45, 2.75) is 69.2 Å². The van der Waals surface area contributed by atoms with Crippen LogP contribution in [0.25, 0.3) is 10.8 Å². The van der Waals surface area contributed by atoms with Gasteiger partial charge in [-0.15, -0.1) is 6.58 Å². The fraction of sp³-hybridized carbons (Fsp3) is 0.455. The van der Waals surface area contributed by atoms with E-state index >= 15 is 0 Å². The Morgan fingerprint density at radius 2 is 1.74 bits per heavy atom. The molecule has 0 unspecified atom stereocenters. The monoisotopic (exact) mass is 738 g/mol. The van der Waals surface area contributed by atoms with Gasteiger partial charge in [0.25, 0.3) is 0 Å². The number of benzene rings is 3. The lowest BCUT2D eigenvalue weighted by Gasteiger charge is -2.59. The molecule has 1 fully saturated rings. The molecule has 0 spiro atoms. The maximum absolute atomic E-state index is 14.2. The first-order chi connectivity index (χ1) is 26.4. The molecule has 6 atom stereocenters. The van der Waals surface area contributed by atoms with Crippen molar-refractivity contribution >= 4 is 22.6 Å². The van der Waals surface area contributed by atoms with Gasteiger partial charge in [-0.2, -0.15) is 0 Å². The van der Waals surface area contributed by atoms with Crippen molar-refractivity contribution in [3.63, 3.8) is 0 Å². The average molecular weight is 739 g/mol. The van der Waals surface area contributed by atoms with Crippen LogP contribution in [0.4, 0.5) is 4.79 Å². The Labute approximate surface area is 318 Å². The van der Waals surface area contributed by atoms with Gasteiger partial charge in [-0.25, -0.2) is 4.79 Å². The molecule has 3 aromatic carbocycles. The van der Waals surface area contributed by atoms with Crippen molar-refractivity contribution in [2.75, 3.05) is 40.6 Å². The molecule has 6 rings (SSSR count). The highest BCUT2D eigenvalue weighted by molar-refractivity contribution is 6.03. The van der Waals surface area contributed by atoms with Gasteiger partial charge in [0.1, 0.15) is 31.3 Å². The summed E-state index contributed by atoms with van der Waals surface area (Å²) in [5.41, 5.74) is 3.62. The Bertz CT molecular complexity index is 1830. The number of carbonyl (C=O) groups excluding carboxylic acids is 1. The molecule has 0 saturated heterocycles. The molecule has 2 N–H and O–H groups in total. The van der Waals surface area contributed by atoms with Gasteiger partial charge in [0.2, 0.25) is 5.79 Å². The Morgan fingerprint density at radius 1 is 0.981 bits per heavy atom. The van der Waals surface area contributed by atoms with Gasteiger partial charge in [-0.3, -0.25) is 4.90 Å². The van der Waals surface area contributed by atoms with Gasteiger partial charge >= 0.3 is 6.09 Å². The van der Waals surface area contributed by atoms with Crippen LogP contribution in [0.1, 0.15) is 62.0 Å². The second-order valence-electron chi connectivity index (χ2n) is 14.3. The topological polar surface area (TPSA) is 119 Å². The normalized spacial score (nSPS) is 24.8. The number of fused-ring (bicyclic) bond motifs is 3. The molecule has 1 aliphatic heterocycles. The first kappa shape index (κ1) is 39.1. The van der Waals surface area contributed by atoms with Gasteiger partial charge in [-0.1, -0.05) is 85.3 Å². The van der Waals surface area contributed by atoms with Gasteiger partial charge in [0.15, 0.2) is 0 Å². The van der Waals surface area contributed by atoms with Crippen LogP contribution < -0.4 is 9.47 Å². The van der Waals surface area contributed by atoms with Crippen molar-refractivity contribution in [3.05, 3.63) is 109 Å². The first-order valence-electron chi connectivity index (χ1n) is 19.1. The molecule has 0 bridgehead atoms. The molecule has 2 aliphatic carbocycles. The summed E-state index contributed by atoms with van der Waals surface area (Å²) < 4.78 is 25.9. The number of aliphatic hydroxyl groups is 2. The van der Waals surface area contributed by atoms with E-state index in [1.165, 1.54) is 7.11 Å². The van der Waals surface area contributed by atoms with E-state index in [-0.39, 0.29) is 50.5 Å². The summed E-state index contributed by atoms with van der Waals surface area (Å²) in [5.74, 6) is -0.410. The summed E-state index contributed by atoms with van der Waals surface area (Å²) >= 11 is 0. The van der Waals surface area contributed by atoms with Gasteiger partial charge in [0, 0.05) is 31.1 Å². The number of allylic oxidation sites excluding steroid dienone is 1. The molecule has 0 radical (unpaired) electrons. The van der Waals surface area contributed by atoms with E-state index in [0.717, 1.165) is 53.2 Å². The first-order valence-corrected chi connectivity index (χ1v) is 19.1. The van der Waals surface area contributed by atoms with E-state index in [1.807, 2.05) is 36.4 Å². The molecule has 1 amide bonds. The van der Waals surface area contributed by atoms with Crippen molar-refractivity contribution in [2.24, 2.45) is 22.9 Å². The minimum atomic E-state index is -1.39. The van der Waals surface area contributed by atoms with Crippen LogP contribution in [-0.4, -0.2) is 79.4 Å². The lowest BCUT2D eigenvalue weighted by molar-refractivity contribution is -0.256. The highest BCUT2D eigenvalue weighted by atomic mass is 16.7. The fourth-order valence-corrected chi connectivity index (χ4v) is 9.04. The molecular formula is C44H54N2O8. The number of nitrogens with zero attached hydrogens (tertiary/aromatic N) is 2. The predicted octanol–water partition coefficient (Wildman–Crippen LogP) is 7.94. The number of carbonyl (C=O) groups is 1. The summed E-state index contributed by atoms with van der Waals surface area (Å²) in [7, 11) is 2.94. The Balaban J connectivity index is 1.60. The third-order valence-corrected chi connectivity index (χ3v) is 11.2. The van der Waals surface area contributed by atoms with E-state index in [0.29, 0.717) is 36.7 Å². The third-order valence-electron chi connectivity index (χ3n) is 11.2. The van der Waals surface area contributed by atoms with Gasteiger partial charge < -0.3 is 34.0 Å². The quantitative estimate of drug-likeness (QED) is 0.0768. The lowest BCUT2D eigenvalue weighted by atomic mass is 9.55. The minimum Gasteiger partial charge on any atom is -0.490 e. The number of methoxy groups -OCH3 is 1. The van der Waals surface area contributed by atoms with Crippen molar-refractivity contribution < 1.29 is 38.8 Å². The maximum Gasteiger partial charge on any atom is 0.410 e. The van der Waals surface area contributed by atoms with E-state index in [2.05, 4.69) is 48.7 Å². The van der Waals surface area contributed by atoms with Crippen molar-refractivity contribution in [1.29, 1.82) is 0 Å². The zero-order valence-corrected chi connectivity index (χ0v) is 31.5. The van der Waals surface area contributed by atoms with Crippen LogP contribution in [0, 0.1) is 17.8 Å². The Kier molecular flexibility index (Phi) is 13.1. The molecule has 10 nitrogen and oxygen atoms in total. The van der Waals surface area contributed by atoms with Crippen LogP contribution in [0.15, 0.2) is 103 Å². The van der Waals surface area contributed by atoms with Crippen LogP contribution in [0.3, 0.4) is 0 Å². The lowest BCUT2D eigenvalue weighted by Crippen LogP contribution is -2.70. The van der Waals surface area contributed by atoms with E-state index in [1.54, 1.807) is 24.2 Å². The molecule has 288 valence electrons. The zero-order valence-electron chi connectivity index (χ0n) is 31.5. The average Bonchev–Trinajstić information content (AvgIpc) is 3.20. The number of unbranched alkanes of at least 4 members (excludes halogenated alkanes) is 2. The molecule has 54 heavy (non-hydrogen) atoms. The second-order valence-corrected chi connectivity index (χ2v) is 14.3. The summed E-state index contributed by atoms with van der Waals surface area (Å²) in [5, 5.41) is 26.4. The van der Waals surface area contributed by atoms with Crippen molar-refractivity contribution in [3.8, 4) is 11.5 Å². The minimum absolute atomic E-state index is 0.0974. The standard InChI is InChI=1S/C44H54N2O8/c1-5-24-52-33-20-21-39-37(27-33)41-35(19-10-12-23-48)31(15-9-11-22-47)26-36-38(45-51-4)28-40(44(54-39,42(36)41)53-25-6-2)46(43(49)50-3)29-32-17-13-16-30-14-7-8-18-34(30)32/h5-8,13-14,16-18,20-21,26-27,31,35,40-42,47-48H,1-2,9-12,15,19,22-25,28-29H2,3-4H3/t31-,35+,40-,41+,42+,44+/m0/s1. The third kappa shape index (κ3) is 7.78. The molecule has 3 aromatic rings. The summed E-state index contributed by atoms with van der Waals surface area (Å²) in [6.07, 6.45) is 10.3. The molecule has 1 heterocycles. The highest BCUT2D eigenvalue weighted by Crippen LogP contribution is 2.62. The molecular weight excluding hydrogens is 684 g/mol. The predicted molar refractivity (Wildman–Crippen MR) is 210 cm³/mol. The Hall–Kier alpha value is -4.64. The van der Waals surface area contributed by atoms with Crippen LogP contribution >= 0.6 is 0 Å². The van der Waals surface area contributed by atoms with E-state index < -0.39 is 23.8 Å². The summed E-state index contributed by atoms with van der Waals surface area (Å²) in [6.45, 7) is 8.82. The molecule has 3 aliphatic rings. The van der Waals surface area contributed by atoms with Crippen LogP contribution in [0.5, 0.6) is 11.5 Å². The smallest absolute Gasteiger partial charge is 0.410 e. The van der Waals surface area contributed by atoms with E-state index in [9.17, 15) is 15.0 Å². The largest absolute Gasteiger partial charge is 0.490 e. The van der Waals surface area contributed by atoms with E-state index in [4.69, 9.17) is 23.8 Å². The number of rotatable bonds is 18. The number of ether oxygens (including phenoxy) is 4. The molecule has 1 saturated carbocycles. The fourth-order valence-electron chi connectivity index (χ4n) is 9.04. The van der Waals surface area contributed by atoms with Gasteiger partial charge in [0.05, 0.1) is 31.9 Å². The number of amides is 1. The molecule has 0 aromatic heterocycles. The SMILES string of the molecule is C=CCOc1ccc2c(c1)[C@H]1[C@H](CCCCO)[C@@H](CCCCO)C=C3C(=NOC)C[C@H](N(Cc4cccc5ccccc45)C(=O)OC)[C@@](OCC=C)(O2)[C@H]31.